The molecule has 0 bridgehead atoms. The van der Waals surface area contributed by atoms with Gasteiger partial charge in [0.05, 0.1) is 6.61 Å². The summed E-state index contributed by atoms with van der Waals surface area (Å²) in [6, 6.07) is 9.45. The van der Waals surface area contributed by atoms with Crippen LogP contribution in [0.15, 0.2) is 24.3 Å². The van der Waals surface area contributed by atoms with Crippen LogP contribution in [0.5, 0.6) is 0 Å². The van der Waals surface area contributed by atoms with Crippen LogP contribution >= 0.6 is 0 Å². The van der Waals surface area contributed by atoms with Crippen molar-refractivity contribution in [1.82, 2.24) is 5.32 Å². The van der Waals surface area contributed by atoms with Crippen LogP contribution in [-0.2, 0) is 17.8 Å². The Morgan fingerprint density at radius 1 is 1.10 bits per heavy atom. The minimum atomic E-state index is 0.568. The summed E-state index contributed by atoms with van der Waals surface area (Å²) in [4.78, 5) is 0. The van der Waals surface area contributed by atoms with Gasteiger partial charge in [0.15, 0.2) is 0 Å². The van der Waals surface area contributed by atoms with Crippen LogP contribution < -0.4 is 5.32 Å². The molecule has 0 radical (unpaired) electrons. The summed E-state index contributed by atoms with van der Waals surface area (Å²) in [6.45, 7) is 7.13. The van der Waals surface area contributed by atoms with Gasteiger partial charge in [0.1, 0.15) is 0 Å². The van der Waals surface area contributed by atoms with Gasteiger partial charge in [-0.25, -0.2) is 0 Å². The summed E-state index contributed by atoms with van der Waals surface area (Å²) < 4.78 is 5.84. The van der Waals surface area contributed by atoms with Crippen molar-refractivity contribution in [2.45, 2.75) is 58.6 Å². The third-order valence-electron chi connectivity index (χ3n) is 4.09. The van der Waals surface area contributed by atoms with E-state index in [1.165, 1.54) is 36.8 Å². The Morgan fingerprint density at radius 3 is 2.40 bits per heavy atom. The number of hydrogen-bond donors (Lipinski definition) is 1. The Labute approximate surface area is 123 Å². The second-order valence-corrected chi connectivity index (χ2v) is 6.34. The van der Waals surface area contributed by atoms with E-state index in [9.17, 15) is 0 Å². The summed E-state index contributed by atoms with van der Waals surface area (Å²) in [6.07, 6.45) is 6.62. The third-order valence-corrected chi connectivity index (χ3v) is 4.09. The van der Waals surface area contributed by atoms with Crippen LogP contribution in [0, 0.1) is 5.92 Å². The summed E-state index contributed by atoms with van der Waals surface area (Å²) in [5, 5.41) is 3.45. The molecule has 1 aliphatic rings. The van der Waals surface area contributed by atoms with Gasteiger partial charge in [-0.15, -0.1) is 0 Å². The molecule has 0 amide bonds. The molecule has 20 heavy (non-hydrogen) atoms. The molecule has 0 atom stereocenters. The summed E-state index contributed by atoms with van der Waals surface area (Å²) >= 11 is 0. The van der Waals surface area contributed by atoms with E-state index >= 15 is 0 Å². The van der Waals surface area contributed by atoms with Gasteiger partial charge >= 0.3 is 0 Å². The monoisotopic (exact) mass is 275 g/mol. The van der Waals surface area contributed by atoms with Crippen molar-refractivity contribution < 1.29 is 4.74 Å². The normalized spacial score (nSPS) is 16.1. The first-order chi connectivity index (χ1) is 9.74. The Kier molecular flexibility index (Phi) is 6.55. The lowest BCUT2D eigenvalue weighted by Crippen LogP contribution is -2.24. The highest BCUT2D eigenvalue weighted by Crippen LogP contribution is 2.24. The fourth-order valence-corrected chi connectivity index (χ4v) is 2.83. The Bertz CT molecular complexity index is 366. The lowest BCUT2D eigenvalue weighted by Gasteiger charge is -2.11. The SMILES string of the molecule is CC(C)NCCc1ccc(COCC2CCCC2)cc1. The molecule has 2 nitrogen and oxygen atoms in total. The van der Waals surface area contributed by atoms with Crippen molar-refractivity contribution in [2.24, 2.45) is 5.92 Å². The fraction of sp³-hybridized carbons (Fsp3) is 0.667. The summed E-state index contributed by atoms with van der Waals surface area (Å²) in [5.74, 6) is 0.816. The van der Waals surface area contributed by atoms with Crippen molar-refractivity contribution in [1.29, 1.82) is 0 Å². The first-order valence-electron chi connectivity index (χ1n) is 8.13. The van der Waals surface area contributed by atoms with Gasteiger partial charge in [-0.3, -0.25) is 0 Å². The van der Waals surface area contributed by atoms with Gasteiger partial charge in [-0.1, -0.05) is 51.0 Å². The van der Waals surface area contributed by atoms with Crippen LogP contribution in [0.4, 0.5) is 0 Å². The van der Waals surface area contributed by atoms with E-state index in [1.54, 1.807) is 0 Å². The molecular formula is C18H29NO. The number of hydrogen-bond acceptors (Lipinski definition) is 2. The van der Waals surface area contributed by atoms with Crippen molar-refractivity contribution in [3.63, 3.8) is 0 Å². The molecule has 1 aliphatic carbocycles. The molecule has 0 heterocycles. The quantitative estimate of drug-likeness (QED) is 0.776. The van der Waals surface area contributed by atoms with Crippen LogP contribution in [0.2, 0.25) is 0 Å². The topological polar surface area (TPSA) is 21.3 Å². The molecule has 1 saturated carbocycles. The van der Waals surface area contributed by atoms with Gasteiger partial charge in [0.2, 0.25) is 0 Å². The van der Waals surface area contributed by atoms with Crippen molar-refractivity contribution in [3.05, 3.63) is 35.4 Å². The third kappa shape index (κ3) is 5.64. The molecule has 2 rings (SSSR count). The molecule has 2 heteroatoms. The van der Waals surface area contributed by atoms with Gasteiger partial charge in [-0.2, -0.15) is 0 Å². The maximum Gasteiger partial charge on any atom is 0.0717 e. The molecule has 0 saturated heterocycles. The van der Waals surface area contributed by atoms with Gasteiger partial charge < -0.3 is 10.1 Å². The zero-order valence-electron chi connectivity index (χ0n) is 13.0. The minimum absolute atomic E-state index is 0.568. The zero-order valence-corrected chi connectivity index (χ0v) is 13.0. The molecule has 0 spiro atoms. The highest BCUT2D eigenvalue weighted by atomic mass is 16.5. The van der Waals surface area contributed by atoms with E-state index in [-0.39, 0.29) is 0 Å². The first kappa shape index (κ1) is 15.5. The maximum absolute atomic E-state index is 5.84. The van der Waals surface area contributed by atoms with Crippen molar-refractivity contribution >= 4 is 0 Å². The molecule has 0 aromatic heterocycles. The lowest BCUT2D eigenvalue weighted by atomic mass is 10.1. The average molecular weight is 275 g/mol. The second kappa shape index (κ2) is 8.43. The Morgan fingerprint density at radius 2 is 1.75 bits per heavy atom. The maximum atomic E-state index is 5.84. The molecule has 112 valence electrons. The largest absolute Gasteiger partial charge is 0.376 e. The van der Waals surface area contributed by atoms with Crippen molar-refractivity contribution in [3.8, 4) is 0 Å². The van der Waals surface area contributed by atoms with E-state index in [2.05, 4.69) is 43.4 Å². The van der Waals surface area contributed by atoms with E-state index in [0.29, 0.717) is 6.04 Å². The van der Waals surface area contributed by atoms with E-state index in [1.807, 2.05) is 0 Å². The van der Waals surface area contributed by atoms with Gasteiger partial charge in [-0.05, 0) is 42.9 Å². The molecular weight excluding hydrogens is 246 g/mol. The minimum Gasteiger partial charge on any atom is -0.376 e. The number of benzene rings is 1. The Balaban J connectivity index is 1.65. The van der Waals surface area contributed by atoms with Crippen LogP contribution in [0.3, 0.4) is 0 Å². The predicted molar refractivity (Wildman–Crippen MR) is 84.9 cm³/mol. The first-order valence-corrected chi connectivity index (χ1v) is 8.13. The second-order valence-electron chi connectivity index (χ2n) is 6.34. The number of nitrogens with one attached hydrogen (secondary N) is 1. The molecule has 1 fully saturated rings. The smallest absolute Gasteiger partial charge is 0.0717 e. The van der Waals surface area contributed by atoms with Crippen LogP contribution in [0.1, 0.15) is 50.7 Å². The van der Waals surface area contributed by atoms with E-state index in [0.717, 1.165) is 32.1 Å². The molecule has 0 aliphatic heterocycles. The van der Waals surface area contributed by atoms with E-state index in [4.69, 9.17) is 4.74 Å². The molecule has 1 aromatic rings. The standard InChI is InChI=1S/C18H29NO/c1-15(2)19-12-11-16-7-9-18(10-8-16)14-20-13-17-5-3-4-6-17/h7-10,15,17,19H,3-6,11-14H2,1-2H3. The number of ether oxygens (including phenoxy) is 1. The predicted octanol–water partition coefficient (Wildman–Crippen LogP) is 3.93. The van der Waals surface area contributed by atoms with Gasteiger partial charge in [0.25, 0.3) is 0 Å². The summed E-state index contributed by atoms with van der Waals surface area (Å²) in [5.41, 5.74) is 2.70. The Hall–Kier alpha value is -0.860. The van der Waals surface area contributed by atoms with Gasteiger partial charge in [0, 0.05) is 12.6 Å². The fourth-order valence-electron chi connectivity index (χ4n) is 2.83. The molecule has 0 unspecified atom stereocenters. The number of rotatable bonds is 8. The molecule has 1 N–H and O–H groups in total. The highest BCUT2D eigenvalue weighted by molar-refractivity contribution is 5.22. The lowest BCUT2D eigenvalue weighted by molar-refractivity contribution is 0.0889. The zero-order chi connectivity index (χ0) is 14.2. The van der Waals surface area contributed by atoms with E-state index < -0.39 is 0 Å². The van der Waals surface area contributed by atoms with Crippen LogP contribution in [0.25, 0.3) is 0 Å². The average Bonchev–Trinajstić information content (AvgIpc) is 2.93. The summed E-state index contributed by atoms with van der Waals surface area (Å²) in [7, 11) is 0. The van der Waals surface area contributed by atoms with Crippen molar-refractivity contribution in [2.75, 3.05) is 13.2 Å². The molecule has 1 aromatic carbocycles. The highest BCUT2D eigenvalue weighted by Gasteiger charge is 2.14. The van der Waals surface area contributed by atoms with Crippen LogP contribution in [-0.4, -0.2) is 19.2 Å².